The maximum atomic E-state index is 11.4. The molecule has 0 spiro atoms. The van der Waals surface area contributed by atoms with E-state index in [-0.39, 0.29) is 18.5 Å². The molecule has 0 aromatic carbocycles. The maximum absolute atomic E-state index is 11.4. The third kappa shape index (κ3) is 9.99. The van der Waals surface area contributed by atoms with E-state index in [2.05, 4.69) is 10.6 Å². The molecule has 1 unspecified atom stereocenters. The number of carbonyl (C=O) groups is 2. The fourth-order valence-electron chi connectivity index (χ4n) is 1.30. The van der Waals surface area contributed by atoms with Crippen LogP contribution in [0.15, 0.2) is 0 Å². The average Bonchev–Trinajstić information content (AvgIpc) is 2.27. The van der Waals surface area contributed by atoms with E-state index in [1.165, 1.54) is 0 Å². The normalized spacial score (nSPS) is 11.9. The highest BCUT2D eigenvalue weighted by atomic mass is 32.2. The lowest BCUT2D eigenvalue weighted by atomic mass is 10.2. The van der Waals surface area contributed by atoms with Crippen molar-refractivity contribution in [2.24, 2.45) is 0 Å². The van der Waals surface area contributed by atoms with E-state index in [1.54, 1.807) is 11.8 Å². The van der Waals surface area contributed by atoms with Gasteiger partial charge in [-0.3, -0.25) is 4.79 Å². The summed E-state index contributed by atoms with van der Waals surface area (Å²) in [6, 6.07) is 0.0326. The third-order valence-electron chi connectivity index (χ3n) is 2.30. The van der Waals surface area contributed by atoms with Crippen molar-refractivity contribution in [2.75, 3.05) is 18.6 Å². The van der Waals surface area contributed by atoms with Crippen LogP contribution in [0.5, 0.6) is 0 Å². The molecule has 2 amide bonds. The summed E-state index contributed by atoms with van der Waals surface area (Å²) in [6.45, 7) is 2.56. The molecule has 0 aromatic heterocycles. The summed E-state index contributed by atoms with van der Waals surface area (Å²) >= 11 is 1.70. The zero-order valence-corrected chi connectivity index (χ0v) is 11.3. The minimum absolute atomic E-state index is 0.160. The molecule has 0 aliphatic rings. The fraction of sp³-hybridized carbons (Fsp3) is 0.818. The van der Waals surface area contributed by atoms with Gasteiger partial charge in [0, 0.05) is 24.8 Å². The van der Waals surface area contributed by atoms with Gasteiger partial charge < -0.3 is 15.7 Å². The molecule has 6 heteroatoms. The molecule has 0 rings (SSSR count). The Morgan fingerprint density at radius 1 is 1.35 bits per heavy atom. The van der Waals surface area contributed by atoms with Crippen molar-refractivity contribution in [2.45, 2.75) is 38.6 Å². The SMILES string of the molecule is CCC(CSC)NC(=O)NCCCCC(=O)O. The van der Waals surface area contributed by atoms with Gasteiger partial charge in [0.15, 0.2) is 0 Å². The Labute approximate surface area is 107 Å². The summed E-state index contributed by atoms with van der Waals surface area (Å²) in [4.78, 5) is 21.7. The smallest absolute Gasteiger partial charge is 0.315 e. The predicted molar refractivity (Wildman–Crippen MR) is 70.5 cm³/mol. The highest BCUT2D eigenvalue weighted by molar-refractivity contribution is 7.98. The number of thioether (sulfide) groups is 1. The molecule has 0 bridgehead atoms. The Hall–Kier alpha value is -0.910. The van der Waals surface area contributed by atoms with Crippen LogP contribution in [0.4, 0.5) is 4.79 Å². The maximum Gasteiger partial charge on any atom is 0.315 e. The van der Waals surface area contributed by atoms with Crippen molar-refractivity contribution < 1.29 is 14.7 Å². The minimum Gasteiger partial charge on any atom is -0.481 e. The van der Waals surface area contributed by atoms with Crippen LogP contribution in [0.3, 0.4) is 0 Å². The summed E-state index contributed by atoms with van der Waals surface area (Å²) in [5, 5.41) is 14.0. The quantitative estimate of drug-likeness (QED) is 0.552. The molecule has 0 fully saturated rings. The lowest BCUT2D eigenvalue weighted by Crippen LogP contribution is -2.43. The van der Waals surface area contributed by atoms with Gasteiger partial charge in [-0.15, -0.1) is 0 Å². The molecule has 0 saturated carbocycles. The number of hydrogen-bond donors (Lipinski definition) is 3. The van der Waals surface area contributed by atoms with Gasteiger partial charge in [-0.05, 0) is 25.5 Å². The molecule has 3 N–H and O–H groups in total. The Kier molecular flexibility index (Phi) is 9.71. The molecule has 0 radical (unpaired) electrons. The van der Waals surface area contributed by atoms with Crippen LogP contribution >= 0.6 is 11.8 Å². The molecule has 17 heavy (non-hydrogen) atoms. The first-order chi connectivity index (χ1) is 8.10. The third-order valence-corrected chi connectivity index (χ3v) is 3.03. The highest BCUT2D eigenvalue weighted by Crippen LogP contribution is 2.00. The number of hydrogen-bond acceptors (Lipinski definition) is 3. The topological polar surface area (TPSA) is 78.4 Å². The van der Waals surface area contributed by atoms with Crippen LogP contribution in [-0.2, 0) is 4.79 Å². The zero-order chi connectivity index (χ0) is 13.1. The van der Waals surface area contributed by atoms with E-state index in [4.69, 9.17) is 5.11 Å². The van der Waals surface area contributed by atoms with Crippen molar-refractivity contribution in [1.82, 2.24) is 10.6 Å². The van der Waals surface area contributed by atoms with Crippen LogP contribution in [-0.4, -0.2) is 41.7 Å². The van der Waals surface area contributed by atoms with Crippen LogP contribution in [0.2, 0.25) is 0 Å². The summed E-state index contributed by atoms with van der Waals surface area (Å²) in [5.74, 6) is 0.114. The first-order valence-electron chi connectivity index (χ1n) is 5.85. The van der Waals surface area contributed by atoms with Crippen LogP contribution in [0, 0.1) is 0 Å². The van der Waals surface area contributed by atoms with Gasteiger partial charge in [0.25, 0.3) is 0 Å². The van der Waals surface area contributed by atoms with Crippen molar-refractivity contribution >= 4 is 23.8 Å². The summed E-state index contributed by atoms with van der Waals surface area (Å²) in [5.41, 5.74) is 0. The number of rotatable bonds is 9. The van der Waals surface area contributed by atoms with Crippen LogP contribution in [0.1, 0.15) is 32.6 Å². The molecule has 0 aliphatic carbocycles. The second-order valence-electron chi connectivity index (χ2n) is 3.81. The van der Waals surface area contributed by atoms with Gasteiger partial charge in [-0.25, -0.2) is 4.79 Å². The van der Waals surface area contributed by atoms with Crippen molar-refractivity contribution in [3.05, 3.63) is 0 Å². The number of urea groups is 1. The monoisotopic (exact) mass is 262 g/mol. The average molecular weight is 262 g/mol. The molecular weight excluding hydrogens is 240 g/mol. The lowest BCUT2D eigenvalue weighted by molar-refractivity contribution is -0.137. The van der Waals surface area contributed by atoms with Crippen LogP contribution in [0.25, 0.3) is 0 Å². The molecule has 0 heterocycles. The van der Waals surface area contributed by atoms with E-state index in [0.717, 1.165) is 12.2 Å². The number of amides is 2. The summed E-state index contributed by atoms with van der Waals surface area (Å²) < 4.78 is 0. The Balaban J connectivity index is 3.54. The molecule has 1 atom stereocenters. The standard InChI is InChI=1S/C11H22N2O3S/c1-3-9(8-17-2)13-11(16)12-7-5-4-6-10(14)15/h9H,3-8H2,1-2H3,(H,14,15)(H2,12,13,16). The van der Waals surface area contributed by atoms with E-state index >= 15 is 0 Å². The number of unbranched alkanes of at least 4 members (excludes halogenated alkanes) is 1. The zero-order valence-electron chi connectivity index (χ0n) is 10.5. The Morgan fingerprint density at radius 2 is 2.06 bits per heavy atom. The molecule has 0 aliphatic heterocycles. The highest BCUT2D eigenvalue weighted by Gasteiger charge is 2.08. The number of carboxylic acids is 1. The number of carbonyl (C=O) groups excluding carboxylic acids is 1. The van der Waals surface area contributed by atoms with Gasteiger partial charge in [0.2, 0.25) is 0 Å². The van der Waals surface area contributed by atoms with Gasteiger partial charge in [-0.1, -0.05) is 6.92 Å². The number of aliphatic carboxylic acids is 1. The van der Waals surface area contributed by atoms with Gasteiger partial charge >= 0.3 is 12.0 Å². The van der Waals surface area contributed by atoms with Gasteiger partial charge in [0.05, 0.1) is 0 Å². The van der Waals surface area contributed by atoms with E-state index in [9.17, 15) is 9.59 Å². The van der Waals surface area contributed by atoms with E-state index < -0.39 is 5.97 Å². The molecule has 100 valence electrons. The Morgan fingerprint density at radius 3 is 2.59 bits per heavy atom. The summed E-state index contributed by atoms with van der Waals surface area (Å²) in [7, 11) is 0. The lowest BCUT2D eigenvalue weighted by Gasteiger charge is -2.16. The van der Waals surface area contributed by atoms with Crippen molar-refractivity contribution in [3.8, 4) is 0 Å². The Bertz CT molecular complexity index is 237. The van der Waals surface area contributed by atoms with E-state index in [1.807, 2.05) is 13.2 Å². The van der Waals surface area contributed by atoms with E-state index in [0.29, 0.717) is 19.4 Å². The largest absolute Gasteiger partial charge is 0.481 e. The van der Waals surface area contributed by atoms with Gasteiger partial charge in [0.1, 0.15) is 0 Å². The number of nitrogens with one attached hydrogen (secondary N) is 2. The van der Waals surface area contributed by atoms with Gasteiger partial charge in [-0.2, -0.15) is 11.8 Å². The molecule has 0 aromatic rings. The van der Waals surface area contributed by atoms with Crippen molar-refractivity contribution in [3.63, 3.8) is 0 Å². The summed E-state index contributed by atoms with van der Waals surface area (Å²) in [6.07, 6.45) is 4.37. The molecule has 0 saturated heterocycles. The predicted octanol–water partition coefficient (Wildman–Crippen LogP) is 1.68. The minimum atomic E-state index is -0.791. The number of carboxylic acid groups (broad SMARTS) is 1. The van der Waals surface area contributed by atoms with Crippen LogP contribution < -0.4 is 10.6 Å². The second-order valence-corrected chi connectivity index (χ2v) is 4.72. The first kappa shape index (κ1) is 16.1. The first-order valence-corrected chi connectivity index (χ1v) is 7.24. The fourth-order valence-corrected chi connectivity index (χ4v) is 2.02. The van der Waals surface area contributed by atoms with Crippen molar-refractivity contribution in [1.29, 1.82) is 0 Å². The molecule has 5 nitrogen and oxygen atoms in total. The second kappa shape index (κ2) is 10.3. The molecular formula is C11H22N2O3S.